The molecule has 9 heteroatoms. The molecule has 2 N–H and O–H groups in total. The van der Waals surface area contributed by atoms with E-state index in [2.05, 4.69) is 15.6 Å². The number of hydrogen-bond acceptors (Lipinski definition) is 6. The van der Waals surface area contributed by atoms with Gasteiger partial charge in [-0.05, 0) is 48.4 Å². The third-order valence-corrected chi connectivity index (χ3v) is 6.17. The van der Waals surface area contributed by atoms with Gasteiger partial charge < -0.3 is 10.2 Å². The van der Waals surface area contributed by atoms with Crippen molar-refractivity contribution in [1.29, 1.82) is 0 Å². The lowest BCUT2D eigenvalue weighted by Crippen LogP contribution is -2.52. The van der Waals surface area contributed by atoms with E-state index in [0.29, 0.717) is 23.2 Å². The molecule has 1 unspecified atom stereocenters. The number of fused-ring (bicyclic) bond motifs is 2. The Morgan fingerprint density at radius 2 is 2.03 bits per heavy atom. The Kier molecular flexibility index (Phi) is 4.32. The molecule has 0 aliphatic carbocycles. The minimum Gasteiger partial charge on any atom is -0.322 e. The summed E-state index contributed by atoms with van der Waals surface area (Å²) in [5.41, 5.74) is 4.91. The Bertz CT molecular complexity index is 1230. The van der Waals surface area contributed by atoms with Crippen LogP contribution in [0.25, 0.3) is 10.2 Å². The predicted octanol–water partition coefficient (Wildman–Crippen LogP) is 2.31. The van der Waals surface area contributed by atoms with E-state index in [4.69, 9.17) is 0 Å². The van der Waals surface area contributed by atoms with Crippen LogP contribution in [0.3, 0.4) is 0 Å². The molecular weight excluding hydrogens is 404 g/mol. The lowest BCUT2D eigenvalue weighted by atomic mass is 10.0. The van der Waals surface area contributed by atoms with Crippen molar-refractivity contribution in [2.75, 3.05) is 5.32 Å². The molecule has 3 heterocycles. The summed E-state index contributed by atoms with van der Waals surface area (Å²) in [6, 6.07) is 9.75. The molecule has 2 aliphatic heterocycles. The first-order valence-electron chi connectivity index (χ1n) is 9.42. The molecule has 30 heavy (non-hydrogen) atoms. The SMILES string of the molecule is O=C1CCC(N2Cc3cc(NC(=O)c4ccc5ncsc5c4)ccc3C2=O)C(=O)N1. The van der Waals surface area contributed by atoms with Gasteiger partial charge in [-0.2, -0.15) is 0 Å². The van der Waals surface area contributed by atoms with Gasteiger partial charge in [-0.15, -0.1) is 11.3 Å². The normalized spacial score (nSPS) is 18.5. The van der Waals surface area contributed by atoms with Crippen LogP contribution in [0.2, 0.25) is 0 Å². The minimum absolute atomic E-state index is 0.210. The fourth-order valence-corrected chi connectivity index (χ4v) is 4.57. The van der Waals surface area contributed by atoms with E-state index in [1.165, 1.54) is 16.2 Å². The molecule has 3 aromatic rings. The van der Waals surface area contributed by atoms with Crippen molar-refractivity contribution in [3.05, 3.63) is 58.6 Å². The average molecular weight is 420 g/mol. The highest BCUT2D eigenvalue weighted by Gasteiger charge is 2.39. The number of amides is 4. The molecule has 1 aromatic heterocycles. The van der Waals surface area contributed by atoms with Crippen LogP contribution in [0.4, 0.5) is 5.69 Å². The molecule has 8 nitrogen and oxygen atoms in total. The van der Waals surface area contributed by atoms with Crippen LogP contribution in [0.5, 0.6) is 0 Å². The number of carbonyl (C=O) groups excluding carboxylic acids is 4. The first-order valence-corrected chi connectivity index (χ1v) is 10.3. The lowest BCUT2D eigenvalue weighted by Gasteiger charge is -2.29. The van der Waals surface area contributed by atoms with Gasteiger partial charge in [0.05, 0.1) is 15.7 Å². The summed E-state index contributed by atoms with van der Waals surface area (Å²) < 4.78 is 0.932. The predicted molar refractivity (Wildman–Crippen MR) is 110 cm³/mol. The largest absolute Gasteiger partial charge is 0.322 e. The van der Waals surface area contributed by atoms with Crippen LogP contribution in [0.1, 0.15) is 39.1 Å². The third kappa shape index (κ3) is 3.13. The number of nitrogens with zero attached hydrogens (tertiary/aromatic N) is 2. The summed E-state index contributed by atoms with van der Waals surface area (Å²) in [5.74, 6) is -1.26. The third-order valence-electron chi connectivity index (χ3n) is 5.37. The second-order valence-electron chi connectivity index (χ2n) is 7.26. The number of imide groups is 1. The van der Waals surface area contributed by atoms with E-state index in [0.717, 1.165) is 15.8 Å². The molecule has 2 aliphatic rings. The summed E-state index contributed by atoms with van der Waals surface area (Å²) >= 11 is 1.47. The number of hydrogen-bond donors (Lipinski definition) is 2. The molecule has 0 spiro atoms. The maximum Gasteiger partial charge on any atom is 0.255 e. The van der Waals surface area contributed by atoms with Gasteiger partial charge in [-0.3, -0.25) is 24.5 Å². The standard InChI is InChI=1S/C21H16N4O4S/c26-18-6-5-16(20(28)24-18)25-9-12-7-13(2-3-14(12)21(25)29)23-19(27)11-1-4-15-17(8-11)30-10-22-15/h1-4,7-8,10,16H,5-6,9H2,(H,23,27)(H,24,26,28). The number of nitrogens with one attached hydrogen (secondary N) is 2. The molecule has 1 saturated heterocycles. The maximum atomic E-state index is 12.7. The number of carbonyl (C=O) groups is 4. The van der Waals surface area contributed by atoms with Crippen LogP contribution in [-0.4, -0.2) is 39.6 Å². The van der Waals surface area contributed by atoms with E-state index in [9.17, 15) is 19.2 Å². The van der Waals surface area contributed by atoms with Crippen molar-refractivity contribution in [1.82, 2.24) is 15.2 Å². The Morgan fingerprint density at radius 1 is 1.17 bits per heavy atom. The zero-order chi connectivity index (χ0) is 20.8. The fraction of sp³-hybridized carbons (Fsp3) is 0.190. The van der Waals surface area contributed by atoms with Crippen molar-refractivity contribution >= 4 is 50.9 Å². The molecule has 150 valence electrons. The van der Waals surface area contributed by atoms with Gasteiger partial charge in [0.25, 0.3) is 11.8 Å². The molecule has 4 amide bonds. The second-order valence-corrected chi connectivity index (χ2v) is 8.15. The van der Waals surface area contributed by atoms with Crippen molar-refractivity contribution < 1.29 is 19.2 Å². The summed E-state index contributed by atoms with van der Waals surface area (Å²) in [4.78, 5) is 54.6. The molecular formula is C21H16N4O4S. The molecule has 0 bridgehead atoms. The highest BCUT2D eigenvalue weighted by molar-refractivity contribution is 7.16. The van der Waals surface area contributed by atoms with Crippen LogP contribution in [0.15, 0.2) is 41.9 Å². The molecule has 0 radical (unpaired) electrons. The molecule has 1 fully saturated rings. The summed E-state index contributed by atoms with van der Waals surface area (Å²) in [6.07, 6.45) is 0.524. The highest BCUT2D eigenvalue weighted by Crippen LogP contribution is 2.29. The molecule has 5 rings (SSSR count). The number of aromatic nitrogens is 1. The number of piperidine rings is 1. The summed E-state index contributed by atoms with van der Waals surface area (Å²) in [6.45, 7) is 0.261. The van der Waals surface area contributed by atoms with Crippen LogP contribution < -0.4 is 10.6 Å². The van der Waals surface area contributed by atoms with Gasteiger partial charge >= 0.3 is 0 Å². The Morgan fingerprint density at radius 3 is 2.87 bits per heavy atom. The number of thiazole rings is 1. The molecule has 1 atom stereocenters. The quantitative estimate of drug-likeness (QED) is 0.632. The molecule has 2 aromatic carbocycles. The van der Waals surface area contributed by atoms with Crippen LogP contribution in [0, 0.1) is 0 Å². The van der Waals surface area contributed by atoms with E-state index in [1.807, 2.05) is 0 Å². The topological polar surface area (TPSA) is 108 Å². The van der Waals surface area contributed by atoms with Gasteiger partial charge in [0, 0.05) is 29.8 Å². The van der Waals surface area contributed by atoms with Crippen LogP contribution in [-0.2, 0) is 16.1 Å². The van der Waals surface area contributed by atoms with Crippen molar-refractivity contribution in [2.24, 2.45) is 0 Å². The minimum atomic E-state index is -0.660. The first-order chi connectivity index (χ1) is 14.5. The highest BCUT2D eigenvalue weighted by atomic mass is 32.1. The van der Waals surface area contributed by atoms with Gasteiger partial charge in [-0.1, -0.05) is 0 Å². The number of anilines is 1. The monoisotopic (exact) mass is 420 g/mol. The van der Waals surface area contributed by atoms with Gasteiger partial charge in [0.1, 0.15) is 6.04 Å². The van der Waals surface area contributed by atoms with Gasteiger partial charge in [0.2, 0.25) is 11.8 Å². The lowest BCUT2D eigenvalue weighted by molar-refractivity contribution is -0.136. The first kappa shape index (κ1) is 18.4. The van der Waals surface area contributed by atoms with Gasteiger partial charge in [-0.25, -0.2) is 4.98 Å². The van der Waals surface area contributed by atoms with E-state index in [1.54, 1.807) is 41.9 Å². The number of benzene rings is 2. The summed E-state index contributed by atoms with van der Waals surface area (Å²) in [5, 5.41) is 5.15. The summed E-state index contributed by atoms with van der Waals surface area (Å²) in [7, 11) is 0. The Labute approximate surface area is 174 Å². The van der Waals surface area contributed by atoms with Crippen molar-refractivity contribution in [2.45, 2.75) is 25.4 Å². The smallest absolute Gasteiger partial charge is 0.255 e. The van der Waals surface area contributed by atoms with Crippen molar-refractivity contribution in [3.8, 4) is 0 Å². The maximum absolute atomic E-state index is 12.7. The van der Waals surface area contributed by atoms with Gasteiger partial charge in [0.15, 0.2) is 0 Å². The van der Waals surface area contributed by atoms with Crippen LogP contribution >= 0.6 is 11.3 Å². The fourth-order valence-electron chi connectivity index (χ4n) is 3.85. The molecule has 0 saturated carbocycles. The average Bonchev–Trinajstić information content (AvgIpc) is 3.32. The van der Waals surface area contributed by atoms with E-state index in [-0.39, 0.29) is 30.7 Å². The van der Waals surface area contributed by atoms with E-state index < -0.39 is 11.9 Å². The zero-order valence-electron chi connectivity index (χ0n) is 15.7. The Hall–Kier alpha value is -3.59. The Balaban J connectivity index is 1.34. The second kappa shape index (κ2) is 7.03. The van der Waals surface area contributed by atoms with E-state index >= 15 is 0 Å². The zero-order valence-corrected chi connectivity index (χ0v) is 16.5. The van der Waals surface area contributed by atoms with Crippen molar-refractivity contribution in [3.63, 3.8) is 0 Å². The number of rotatable bonds is 3.